The molecule has 0 unspecified atom stereocenters. The van der Waals surface area contributed by atoms with Crippen molar-refractivity contribution < 1.29 is 9.47 Å². The van der Waals surface area contributed by atoms with Crippen LogP contribution in [0.15, 0.2) is 59.1 Å². The summed E-state index contributed by atoms with van der Waals surface area (Å²) in [5.74, 6) is 1.15. The van der Waals surface area contributed by atoms with E-state index in [1.807, 2.05) is 43.3 Å². The van der Waals surface area contributed by atoms with Gasteiger partial charge in [0.05, 0.1) is 28.2 Å². The number of ether oxygens (including phenoxy) is 2. The standard InChI is InChI=1S/C24H18BrCl2NO2/c1-15-3-5-16(6-4-15)14-30-24-21(25)10-17(11-23(24)29-2)9-18(13-28)20-8-7-19(26)12-22(20)27/h3-12H,14H2,1-2H3/b18-9+. The van der Waals surface area contributed by atoms with Gasteiger partial charge in [-0.3, -0.25) is 0 Å². The van der Waals surface area contributed by atoms with Crippen molar-refractivity contribution in [2.24, 2.45) is 0 Å². The van der Waals surface area contributed by atoms with Crippen molar-refractivity contribution in [3.05, 3.63) is 91.4 Å². The van der Waals surface area contributed by atoms with E-state index in [4.69, 9.17) is 32.7 Å². The Kier molecular flexibility index (Phi) is 7.44. The number of halogens is 3. The molecule has 30 heavy (non-hydrogen) atoms. The third-order valence-electron chi connectivity index (χ3n) is 4.41. The van der Waals surface area contributed by atoms with Gasteiger partial charge in [-0.05, 0) is 64.3 Å². The SMILES string of the molecule is COc1cc(/C=C(\C#N)c2ccc(Cl)cc2Cl)cc(Br)c1OCc1ccc(C)cc1. The maximum absolute atomic E-state index is 9.64. The summed E-state index contributed by atoms with van der Waals surface area (Å²) >= 11 is 15.8. The third-order valence-corrected chi connectivity index (χ3v) is 5.55. The first-order valence-corrected chi connectivity index (χ1v) is 10.6. The second-order valence-corrected chi connectivity index (χ2v) is 8.30. The van der Waals surface area contributed by atoms with Crippen molar-refractivity contribution >= 4 is 50.8 Å². The van der Waals surface area contributed by atoms with E-state index < -0.39 is 0 Å². The molecule has 0 atom stereocenters. The van der Waals surface area contributed by atoms with E-state index in [1.54, 1.807) is 31.4 Å². The number of hydrogen-bond donors (Lipinski definition) is 0. The van der Waals surface area contributed by atoms with Crippen LogP contribution in [0.4, 0.5) is 0 Å². The van der Waals surface area contributed by atoms with Gasteiger partial charge in [0.15, 0.2) is 11.5 Å². The Balaban J connectivity index is 1.91. The Morgan fingerprint density at radius 3 is 2.47 bits per heavy atom. The lowest BCUT2D eigenvalue weighted by Gasteiger charge is -2.14. The summed E-state index contributed by atoms with van der Waals surface area (Å²) in [6.45, 7) is 2.46. The van der Waals surface area contributed by atoms with Crippen LogP contribution in [0.1, 0.15) is 22.3 Å². The van der Waals surface area contributed by atoms with E-state index in [0.717, 1.165) is 15.6 Å². The summed E-state index contributed by atoms with van der Waals surface area (Å²) < 4.78 is 12.2. The fourth-order valence-corrected chi connectivity index (χ4v) is 3.93. The highest BCUT2D eigenvalue weighted by molar-refractivity contribution is 9.10. The Bertz CT molecular complexity index is 1140. The summed E-state index contributed by atoms with van der Waals surface area (Å²) in [6, 6.07) is 19.1. The molecule has 0 radical (unpaired) electrons. The zero-order chi connectivity index (χ0) is 21.7. The minimum absolute atomic E-state index is 0.411. The summed E-state index contributed by atoms with van der Waals surface area (Å²) in [5, 5.41) is 10.6. The molecular weight excluding hydrogens is 485 g/mol. The fraction of sp³-hybridized carbons (Fsp3) is 0.125. The summed E-state index contributed by atoms with van der Waals surface area (Å²) in [7, 11) is 1.58. The van der Waals surface area contributed by atoms with E-state index in [0.29, 0.717) is 39.3 Å². The molecule has 0 aliphatic carbocycles. The molecule has 0 amide bonds. The first-order valence-electron chi connectivity index (χ1n) is 9.04. The molecule has 0 spiro atoms. The Labute approximate surface area is 194 Å². The number of nitrogens with zero attached hydrogens (tertiary/aromatic N) is 1. The molecule has 3 rings (SSSR count). The Morgan fingerprint density at radius 2 is 1.83 bits per heavy atom. The first kappa shape index (κ1) is 22.2. The van der Waals surface area contributed by atoms with E-state index in [-0.39, 0.29) is 0 Å². The monoisotopic (exact) mass is 501 g/mol. The molecule has 152 valence electrons. The molecule has 3 nitrogen and oxygen atoms in total. The van der Waals surface area contributed by atoms with Gasteiger partial charge in [-0.15, -0.1) is 0 Å². The summed E-state index contributed by atoms with van der Waals surface area (Å²) in [4.78, 5) is 0. The van der Waals surface area contributed by atoms with Crippen molar-refractivity contribution in [1.82, 2.24) is 0 Å². The average Bonchev–Trinajstić information content (AvgIpc) is 2.72. The highest BCUT2D eigenvalue weighted by Gasteiger charge is 2.13. The normalized spacial score (nSPS) is 11.1. The minimum atomic E-state index is 0.411. The van der Waals surface area contributed by atoms with Crippen LogP contribution < -0.4 is 9.47 Å². The van der Waals surface area contributed by atoms with Crippen LogP contribution in [0.3, 0.4) is 0 Å². The molecule has 0 bridgehead atoms. The molecule has 0 N–H and O–H groups in total. The lowest BCUT2D eigenvalue weighted by molar-refractivity contribution is 0.282. The number of methoxy groups -OCH3 is 1. The van der Waals surface area contributed by atoms with Crippen LogP contribution in [0.25, 0.3) is 11.6 Å². The smallest absolute Gasteiger partial charge is 0.175 e. The quantitative estimate of drug-likeness (QED) is 0.256. The molecular formula is C24H18BrCl2NO2. The second-order valence-electron chi connectivity index (χ2n) is 6.60. The molecule has 0 aliphatic rings. The minimum Gasteiger partial charge on any atom is -0.493 e. The van der Waals surface area contributed by atoms with Gasteiger partial charge < -0.3 is 9.47 Å². The van der Waals surface area contributed by atoms with E-state index in [2.05, 4.69) is 22.0 Å². The molecule has 0 fully saturated rings. The lowest BCUT2D eigenvalue weighted by atomic mass is 10.0. The highest BCUT2D eigenvalue weighted by atomic mass is 79.9. The summed E-state index contributed by atoms with van der Waals surface area (Å²) in [5.41, 5.74) is 4.05. The van der Waals surface area contributed by atoms with E-state index >= 15 is 0 Å². The van der Waals surface area contributed by atoms with Gasteiger partial charge in [0.25, 0.3) is 0 Å². The van der Waals surface area contributed by atoms with Crippen molar-refractivity contribution in [2.75, 3.05) is 7.11 Å². The van der Waals surface area contributed by atoms with E-state index in [1.165, 1.54) is 5.56 Å². The zero-order valence-corrected chi connectivity index (χ0v) is 19.5. The van der Waals surface area contributed by atoms with Crippen LogP contribution in [-0.4, -0.2) is 7.11 Å². The van der Waals surface area contributed by atoms with Crippen LogP contribution in [-0.2, 0) is 6.61 Å². The molecule has 0 heterocycles. The fourth-order valence-electron chi connectivity index (χ4n) is 2.85. The summed E-state index contributed by atoms with van der Waals surface area (Å²) in [6.07, 6.45) is 1.74. The first-order chi connectivity index (χ1) is 14.4. The third kappa shape index (κ3) is 5.37. The predicted molar refractivity (Wildman–Crippen MR) is 126 cm³/mol. The lowest BCUT2D eigenvalue weighted by Crippen LogP contribution is -1.99. The number of benzene rings is 3. The second kappa shape index (κ2) is 10.0. The van der Waals surface area contributed by atoms with Crippen LogP contribution in [0, 0.1) is 18.3 Å². The van der Waals surface area contributed by atoms with Crippen molar-refractivity contribution in [1.29, 1.82) is 5.26 Å². The van der Waals surface area contributed by atoms with Gasteiger partial charge in [-0.25, -0.2) is 0 Å². The molecule has 3 aromatic rings. The molecule has 0 saturated carbocycles. The number of aryl methyl sites for hydroxylation is 1. The molecule has 6 heteroatoms. The molecule has 0 aromatic heterocycles. The molecule has 0 saturated heterocycles. The number of allylic oxidation sites excluding steroid dienone is 1. The largest absolute Gasteiger partial charge is 0.493 e. The maximum atomic E-state index is 9.64. The van der Waals surface area contributed by atoms with Gasteiger partial charge >= 0.3 is 0 Å². The van der Waals surface area contributed by atoms with Crippen molar-refractivity contribution in [3.63, 3.8) is 0 Å². The van der Waals surface area contributed by atoms with Gasteiger partial charge in [-0.2, -0.15) is 5.26 Å². The van der Waals surface area contributed by atoms with Gasteiger partial charge in [0, 0.05) is 10.6 Å². The van der Waals surface area contributed by atoms with Crippen LogP contribution in [0.2, 0.25) is 10.0 Å². The topological polar surface area (TPSA) is 42.2 Å². The molecule has 3 aromatic carbocycles. The number of rotatable bonds is 6. The van der Waals surface area contributed by atoms with Gasteiger partial charge in [-0.1, -0.05) is 59.1 Å². The van der Waals surface area contributed by atoms with Crippen molar-refractivity contribution in [3.8, 4) is 17.6 Å². The predicted octanol–water partition coefficient (Wildman–Crippen LogP) is 7.72. The number of hydrogen-bond acceptors (Lipinski definition) is 3. The highest BCUT2D eigenvalue weighted by Crippen LogP contribution is 2.38. The Morgan fingerprint density at radius 1 is 1.10 bits per heavy atom. The number of nitriles is 1. The van der Waals surface area contributed by atoms with Crippen LogP contribution >= 0.6 is 39.1 Å². The van der Waals surface area contributed by atoms with Gasteiger partial charge in [0.1, 0.15) is 6.61 Å². The van der Waals surface area contributed by atoms with E-state index in [9.17, 15) is 5.26 Å². The van der Waals surface area contributed by atoms with Crippen LogP contribution in [0.5, 0.6) is 11.5 Å². The van der Waals surface area contributed by atoms with Crippen molar-refractivity contribution in [2.45, 2.75) is 13.5 Å². The Hall–Kier alpha value is -2.45. The van der Waals surface area contributed by atoms with Gasteiger partial charge in [0.2, 0.25) is 0 Å². The maximum Gasteiger partial charge on any atom is 0.175 e. The molecule has 0 aliphatic heterocycles. The average molecular weight is 503 g/mol. The zero-order valence-electron chi connectivity index (χ0n) is 16.4.